The highest BCUT2D eigenvalue weighted by molar-refractivity contribution is 7.07. The molecule has 2 heterocycles. The molecule has 18 heavy (non-hydrogen) atoms. The molecule has 0 atom stereocenters. The SMILES string of the molecule is Cc1csc(=O)n1CCC(=O)Nc1cnn(C)c1. The van der Waals surface area contributed by atoms with Crippen LogP contribution in [0.1, 0.15) is 12.1 Å². The zero-order valence-electron chi connectivity index (χ0n) is 10.2. The largest absolute Gasteiger partial charge is 0.323 e. The molecule has 1 amide bonds. The van der Waals surface area contributed by atoms with Crippen molar-refractivity contribution in [2.45, 2.75) is 19.9 Å². The third-order valence-electron chi connectivity index (χ3n) is 2.53. The molecule has 1 N–H and O–H groups in total. The fourth-order valence-corrected chi connectivity index (χ4v) is 2.36. The number of rotatable bonds is 4. The Morgan fingerprint density at radius 2 is 2.33 bits per heavy atom. The van der Waals surface area contributed by atoms with Crippen LogP contribution in [0.15, 0.2) is 22.6 Å². The minimum Gasteiger partial charge on any atom is -0.323 e. The number of amides is 1. The fraction of sp³-hybridized carbons (Fsp3) is 0.364. The van der Waals surface area contributed by atoms with E-state index in [4.69, 9.17) is 0 Å². The molecular formula is C11H14N4O2S. The van der Waals surface area contributed by atoms with Crippen molar-refractivity contribution in [3.8, 4) is 0 Å². The van der Waals surface area contributed by atoms with Crippen LogP contribution in [-0.2, 0) is 18.4 Å². The van der Waals surface area contributed by atoms with E-state index in [-0.39, 0.29) is 17.2 Å². The summed E-state index contributed by atoms with van der Waals surface area (Å²) in [6.45, 7) is 2.26. The summed E-state index contributed by atoms with van der Waals surface area (Å²) in [6, 6.07) is 0. The van der Waals surface area contributed by atoms with E-state index >= 15 is 0 Å². The van der Waals surface area contributed by atoms with Crippen molar-refractivity contribution >= 4 is 22.9 Å². The Bertz CT molecular complexity index is 611. The molecule has 96 valence electrons. The molecule has 2 aromatic heterocycles. The second-order valence-electron chi connectivity index (χ2n) is 4.00. The monoisotopic (exact) mass is 266 g/mol. The molecule has 0 aliphatic heterocycles. The van der Waals surface area contributed by atoms with E-state index in [1.54, 1.807) is 34.1 Å². The first-order valence-electron chi connectivity index (χ1n) is 5.49. The first-order valence-corrected chi connectivity index (χ1v) is 6.37. The maximum Gasteiger partial charge on any atom is 0.307 e. The van der Waals surface area contributed by atoms with E-state index in [0.29, 0.717) is 12.2 Å². The number of carbonyl (C=O) groups is 1. The van der Waals surface area contributed by atoms with Gasteiger partial charge in [0.25, 0.3) is 0 Å². The Balaban J connectivity index is 1.91. The van der Waals surface area contributed by atoms with Crippen molar-refractivity contribution in [3.63, 3.8) is 0 Å². The molecule has 0 saturated carbocycles. The number of aryl methyl sites for hydroxylation is 2. The summed E-state index contributed by atoms with van der Waals surface area (Å²) in [7, 11) is 1.78. The molecule has 0 aliphatic carbocycles. The second kappa shape index (κ2) is 5.18. The standard InChI is InChI=1S/C11H14N4O2S/c1-8-7-18-11(17)15(8)4-3-10(16)13-9-5-12-14(2)6-9/h5-7H,3-4H2,1-2H3,(H,13,16). The maximum absolute atomic E-state index is 11.7. The zero-order valence-corrected chi connectivity index (χ0v) is 11.0. The average molecular weight is 266 g/mol. The molecule has 2 aromatic rings. The van der Waals surface area contributed by atoms with Gasteiger partial charge in [-0.25, -0.2) is 0 Å². The van der Waals surface area contributed by atoms with Gasteiger partial charge in [-0.05, 0) is 6.92 Å². The lowest BCUT2D eigenvalue weighted by Crippen LogP contribution is -2.20. The average Bonchev–Trinajstić information content (AvgIpc) is 2.84. The predicted molar refractivity (Wildman–Crippen MR) is 69.8 cm³/mol. The molecule has 0 aliphatic rings. The summed E-state index contributed by atoms with van der Waals surface area (Å²) in [5.41, 5.74) is 1.55. The molecule has 6 nitrogen and oxygen atoms in total. The topological polar surface area (TPSA) is 68.9 Å². The van der Waals surface area contributed by atoms with Crippen LogP contribution >= 0.6 is 11.3 Å². The molecule has 0 saturated heterocycles. The van der Waals surface area contributed by atoms with Gasteiger partial charge in [0.15, 0.2) is 0 Å². The molecule has 0 unspecified atom stereocenters. The van der Waals surface area contributed by atoms with E-state index in [2.05, 4.69) is 10.4 Å². The lowest BCUT2D eigenvalue weighted by Gasteiger charge is -2.04. The molecule has 0 bridgehead atoms. The Labute approximate surface area is 108 Å². The number of nitrogens with one attached hydrogen (secondary N) is 1. The van der Waals surface area contributed by atoms with Crippen LogP contribution in [0.2, 0.25) is 0 Å². The summed E-state index contributed by atoms with van der Waals surface area (Å²) >= 11 is 1.15. The zero-order chi connectivity index (χ0) is 13.1. The number of carbonyl (C=O) groups excluding carboxylic acids is 1. The normalized spacial score (nSPS) is 10.6. The van der Waals surface area contributed by atoms with Crippen molar-refractivity contribution < 1.29 is 4.79 Å². The summed E-state index contributed by atoms with van der Waals surface area (Å²) in [5, 5.41) is 8.48. The maximum atomic E-state index is 11.7. The molecule has 0 fully saturated rings. The molecule has 2 rings (SSSR count). The van der Waals surface area contributed by atoms with E-state index < -0.39 is 0 Å². The highest BCUT2D eigenvalue weighted by Gasteiger charge is 2.07. The number of hydrogen-bond donors (Lipinski definition) is 1. The van der Waals surface area contributed by atoms with Crippen molar-refractivity contribution in [2.24, 2.45) is 7.05 Å². The van der Waals surface area contributed by atoms with Crippen molar-refractivity contribution in [1.82, 2.24) is 14.3 Å². The van der Waals surface area contributed by atoms with Gasteiger partial charge in [0.1, 0.15) is 0 Å². The quantitative estimate of drug-likeness (QED) is 0.897. The highest BCUT2D eigenvalue weighted by Crippen LogP contribution is 2.05. The summed E-state index contributed by atoms with van der Waals surface area (Å²) in [6.07, 6.45) is 3.58. The van der Waals surface area contributed by atoms with Crippen LogP contribution in [0.5, 0.6) is 0 Å². The smallest absolute Gasteiger partial charge is 0.307 e. The second-order valence-corrected chi connectivity index (χ2v) is 4.82. The van der Waals surface area contributed by atoms with Crippen LogP contribution in [0.3, 0.4) is 0 Å². The number of thiazole rings is 1. The number of aromatic nitrogens is 3. The van der Waals surface area contributed by atoms with E-state index in [0.717, 1.165) is 17.0 Å². The Kier molecular flexibility index (Phi) is 3.61. The van der Waals surface area contributed by atoms with Gasteiger partial charge in [-0.1, -0.05) is 11.3 Å². The minimum atomic E-state index is -0.125. The van der Waals surface area contributed by atoms with E-state index in [1.165, 1.54) is 0 Å². The number of anilines is 1. The summed E-state index contributed by atoms with van der Waals surface area (Å²) in [5.74, 6) is -0.125. The third-order valence-corrected chi connectivity index (χ3v) is 3.41. The highest BCUT2D eigenvalue weighted by atomic mass is 32.1. The summed E-state index contributed by atoms with van der Waals surface area (Å²) in [4.78, 5) is 23.1. The van der Waals surface area contributed by atoms with Crippen LogP contribution in [0.4, 0.5) is 5.69 Å². The fourth-order valence-electron chi connectivity index (χ4n) is 1.60. The van der Waals surface area contributed by atoms with E-state index in [9.17, 15) is 9.59 Å². The predicted octanol–water partition coefficient (Wildman–Crippen LogP) is 0.981. The molecule has 7 heteroatoms. The van der Waals surface area contributed by atoms with Gasteiger partial charge in [-0.3, -0.25) is 14.3 Å². The molecule has 0 aromatic carbocycles. The van der Waals surface area contributed by atoms with Crippen LogP contribution < -0.4 is 10.2 Å². The van der Waals surface area contributed by atoms with Gasteiger partial charge in [-0.2, -0.15) is 5.10 Å². The van der Waals surface area contributed by atoms with Crippen molar-refractivity contribution in [1.29, 1.82) is 0 Å². The minimum absolute atomic E-state index is 0.0262. The first kappa shape index (κ1) is 12.6. The van der Waals surface area contributed by atoms with E-state index in [1.807, 2.05) is 6.92 Å². The van der Waals surface area contributed by atoms with Crippen molar-refractivity contribution in [2.75, 3.05) is 5.32 Å². The van der Waals surface area contributed by atoms with Gasteiger partial charge < -0.3 is 9.88 Å². The van der Waals surface area contributed by atoms with Crippen LogP contribution in [0.25, 0.3) is 0 Å². The number of hydrogen-bond acceptors (Lipinski definition) is 4. The molecule has 0 spiro atoms. The lowest BCUT2D eigenvalue weighted by molar-refractivity contribution is -0.116. The molecular weight excluding hydrogens is 252 g/mol. The Morgan fingerprint density at radius 1 is 1.56 bits per heavy atom. The van der Waals surface area contributed by atoms with Crippen LogP contribution in [0, 0.1) is 6.92 Å². The summed E-state index contributed by atoms with van der Waals surface area (Å²) < 4.78 is 3.22. The van der Waals surface area contributed by atoms with Gasteiger partial charge in [0, 0.05) is 37.3 Å². The third kappa shape index (κ3) is 2.86. The lowest BCUT2D eigenvalue weighted by atomic mass is 10.3. The van der Waals surface area contributed by atoms with Gasteiger partial charge in [0.05, 0.1) is 11.9 Å². The van der Waals surface area contributed by atoms with Gasteiger partial charge >= 0.3 is 4.87 Å². The van der Waals surface area contributed by atoms with Crippen molar-refractivity contribution in [3.05, 3.63) is 33.1 Å². The molecule has 0 radical (unpaired) electrons. The van der Waals surface area contributed by atoms with Crippen LogP contribution in [-0.4, -0.2) is 20.3 Å². The Hall–Kier alpha value is -1.89. The van der Waals surface area contributed by atoms with Gasteiger partial charge in [0.2, 0.25) is 5.91 Å². The number of nitrogens with zero attached hydrogens (tertiary/aromatic N) is 3. The van der Waals surface area contributed by atoms with Gasteiger partial charge in [-0.15, -0.1) is 0 Å². The first-order chi connectivity index (χ1) is 8.56. The Morgan fingerprint density at radius 3 is 2.89 bits per heavy atom.